The number of nitrogens with one attached hydrogen (secondary N) is 2. The highest BCUT2D eigenvalue weighted by Crippen LogP contribution is 2.11. The fraction of sp³-hybridized carbons (Fsp3) is 0.348. The van der Waals surface area contributed by atoms with Crippen molar-refractivity contribution in [3.8, 4) is 0 Å². The molecule has 3 amide bonds. The number of aryl methyl sites for hydroxylation is 1. The molecule has 0 unspecified atom stereocenters. The molecule has 0 aliphatic rings. The van der Waals surface area contributed by atoms with Crippen LogP contribution in [-0.2, 0) is 20.9 Å². The van der Waals surface area contributed by atoms with Gasteiger partial charge in [-0.15, -0.1) is 0 Å². The molecule has 0 radical (unpaired) electrons. The maximum Gasteiger partial charge on any atom is 0.329 e. The van der Waals surface area contributed by atoms with E-state index in [-0.39, 0.29) is 18.4 Å². The van der Waals surface area contributed by atoms with E-state index in [4.69, 9.17) is 4.74 Å². The SMILES string of the molecule is Cc1ccccc1CN(C)C(=O)COC(=O)[C@H](NC(=O)Nc1ccccc1)C(C)C. The summed E-state index contributed by atoms with van der Waals surface area (Å²) in [6.45, 7) is 5.61. The van der Waals surface area contributed by atoms with Crippen LogP contribution >= 0.6 is 0 Å². The monoisotopic (exact) mass is 411 g/mol. The van der Waals surface area contributed by atoms with E-state index < -0.39 is 18.0 Å². The lowest BCUT2D eigenvalue weighted by Gasteiger charge is -2.22. The van der Waals surface area contributed by atoms with Crippen molar-refractivity contribution in [1.82, 2.24) is 10.2 Å². The summed E-state index contributed by atoms with van der Waals surface area (Å²) in [6.07, 6.45) is 0. The Morgan fingerprint density at radius 3 is 2.27 bits per heavy atom. The van der Waals surface area contributed by atoms with Gasteiger partial charge in [0, 0.05) is 19.3 Å². The summed E-state index contributed by atoms with van der Waals surface area (Å²) >= 11 is 0. The highest BCUT2D eigenvalue weighted by Gasteiger charge is 2.27. The summed E-state index contributed by atoms with van der Waals surface area (Å²) in [5, 5.41) is 5.28. The van der Waals surface area contributed by atoms with E-state index in [1.165, 1.54) is 4.90 Å². The van der Waals surface area contributed by atoms with Crippen molar-refractivity contribution < 1.29 is 19.1 Å². The summed E-state index contributed by atoms with van der Waals surface area (Å²) in [6, 6.07) is 15.3. The zero-order chi connectivity index (χ0) is 22.1. The normalized spacial score (nSPS) is 11.5. The molecule has 0 fully saturated rings. The van der Waals surface area contributed by atoms with Crippen molar-refractivity contribution in [2.75, 3.05) is 19.0 Å². The number of esters is 1. The molecule has 2 aromatic carbocycles. The molecule has 7 heteroatoms. The molecule has 1 atom stereocenters. The fourth-order valence-corrected chi connectivity index (χ4v) is 2.79. The van der Waals surface area contributed by atoms with Crippen molar-refractivity contribution in [3.63, 3.8) is 0 Å². The van der Waals surface area contributed by atoms with Crippen LogP contribution < -0.4 is 10.6 Å². The largest absolute Gasteiger partial charge is 0.454 e. The van der Waals surface area contributed by atoms with Gasteiger partial charge in [-0.2, -0.15) is 0 Å². The lowest BCUT2D eigenvalue weighted by atomic mass is 10.1. The number of urea groups is 1. The van der Waals surface area contributed by atoms with E-state index in [9.17, 15) is 14.4 Å². The quantitative estimate of drug-likeness (QED) is 0.652. The third-order valence-corrected chi connectivity index (χ3v) is 4.67. The molecule has 0 aliphatic heterocycles. The minimum Gasteiger partial charge on any atom is -0.454 e. The molecule has 7 nitrogen and oxygen atoms in total. The number of hydrogen-bond donors (Lipinski definition) is 2. The van der Waals surface area contributed by atoms with E-state index >= 15 is 0 Å². The predicted molar refractivity (Wildman–Crippen MR) is 116 cm³/mol. The highest BCUT2D eigenvalue weighted by atomic mass is 16.5. The molecule has 0 heterocycles. The number of para-hydroxylation sites is 1. The third kappa shape index (κ3) is 6.92. The molecule has 2 rings (SSSR count). The summed E-state index contributed by atoms with van der Waals surface area (Å²) in [5.74, 6) is -1.17. The van der Waals surface area contributed by atoms with Crippen molar-refractivity contribution in [2.24, 2.45) is 5.92 Å². The van der Waals surface area contributed by atoms with E-state index in [1.54, 1.807) is 45.2 Å². The van der Waals surface area contributed by atoms with Crippen LogP contribution in [0.3, 0.4) is 0 Å². The van der Waals surface area contributed by atoms with Crippen LogP contribution in [0.2, 0.25) is 0 Å². The molecule has 0 spiro atoms. The Morgan fingerprint density at radius 2 is 1.63 bits per heavy atom. The summed E-state index contributed by atoms with van der Waals surface area (Å²) in [4.78, 5) is 38.6. The average Bonchev–Trinajstić information content (AvgIpc) is 2.72. The number of carbonyl (C=O) groups is 3. The molecule has 0 aromatic heterocycles. The van der Waals surface area contributed by atoms with Gasteiger partial charge in [0.1, 0.15) is 6.04 Å². The topological polar surface area (TPSA) is 87.7 Å². The molecule has 0 saturated heterocycles. The standard InChI is InChI=1S/C23H29N3O4/c1-16(2)21(25-23(29)24-19-12-6-5-7-13-19)22(28)30-15-20(27)26(4)14-18-11-9-8-10-17(18)3/h5-13,16,21H,14-15H2,1-4H3,(H2,24,25,29)/t21-/m1/s1. The van der Waals surface area contributed by atoms with Gasteiger partial charge in [-0.05, 0) is 36.1 Å². The number of nitrogens with zero attached hydrogens (tertiary/aromatic N) is 1. The molecule has 30 heavy (non-hydrogen) atoms. The molecule has 2 N–H and O–H groups in total. The second-order valence-electron chi connectivity index (χ2n) is 7.47. The fourth-order valence-electron chi connectivity index (χ4n) is 2.79. The number of benzene rings is 2. The van der Waals surface area contributed by atoms with Gasteiger partial charge in [0.25, 0.3) is 5.91 Å². The van der Waals surface area contributed by atoms with E-state index in [1.807, 2.05) is 37.3 Å². The minimum atomic E-state index is -0.872. The Morgan fingerprint density at radius 1 is 1.00 bits per heavy atom. The van der Waals surface area contributed by atoms with E-state index in [2.05, 4.69) is 10.6 Å². The van der Waals surface area contributed by atoms with Gasteiger partial charge in [-0.3, -0.25) is 4.79 Å². The Hall–Kier alpha value is -3.35. The van der Waals surface area contributed by atoms with Gasteiger partial charge in [0.05, 0.1) is 0 Å². The van der Waals surface area contributed by atoms with Crippen LogP contribution in [0.25, 0.3) is 0 Å². The number of ether oxygens (including phenoxy) is 1. The summed E-state index contributed by atoms with van der Waals surface area (Å²) < 4.78 is 5.19. The molecule has 0 bridgehead atoms. The van der Waals surface area contributed by atoms with Crippen molar-refractivity contribution >= 4 is 23.6 Å². The maximum absolute atomic E-state index is 12.5. The van der Waals surface area contributed by atoms with Gasteiger partial charge in [0.2, 0.25) is 0 Å². The van der Waals surface area contributed by atoms with Gasteiger partial charge in [-0.25, -0.2) is 9.59 Å². The molecule has 0 saturated carbocycles. The zero-order valence-electron chi connectivity index (χ0n) is 17.8. The van der Waals surface area contributed by atoms with Gasteiger partial charge < -0.3 is 20.3 Å². The first-order valence-electron chi connectivity index (χ1n) is 9.85. The number of hydrogen-bond acceptors (Lipinski definition) is 4. The van der Waals surface area contributed by atoms with Crippen molar-refractivity contribution in [2.45, 2.75) is 33.4 Å². The Bertz CT molecular complexity index is 868. The van der Waals surface area contributed by atoms with Crippen LogP contribution in [0.4, 0.5) is 10.5 Å². The number of rotatable bonds is 8. The first-order chi connectivity index (χ1) is 14.3. The van der Waals surface area contributed by atoms with Gasteiger partial charge in [-0.1, -0.05) is 56.3 Å². The van der Waals surface area contributed by atoms with Crippen LogP contribution in [0.5, 0.6) is 0 Å². The number of carbonyl (C=O) groups excluding carboxylic acids is 3. The van der Waals surface area contributed by atoms with E-state index in [0.717, 1.165) is 11.1 Å². The Kier molecular flexibility index (Phi) is 8.41. The Labute approximate surface area is 177 Å². The zero-order valence-corrected chi connectivity index (χ0v) is 17.8. The smallest absolute Gasteiger partial charge is 0.329 e. The number of amides is 3. The second-order valence-corrected chi connectivity index (χ2v) is 7.47. The lowest BCUT2D eigenvalue weighted by molar-refractivity contribution is -0.154. The molecule has 160 valence electrons. The second kappa shape index (κ2) is 11.0. The lowest BCUT2D eigenvalue weighted by Crippen LogP contribution is -2.47. The van der Waals surface area contributed by atoms with Gasteiger partial charge >= 0.3 is 12.0 Å². The third-order valence-electron chi connectivity index (χ3n) is 4.67. The highest BCUT2D eigenvalue weighted by molar-refractivity contribution is 5.93. The summed E-state index contributed by atoms with van der Waals surface area (Å²) in [7, 11) is 1.66. The molecular formula is C23H29N3O4. The summed E-state index contributed by atoms with van der Waals surface area (Å²) in [5.41, 5.74) is 2.72. The predicted octanol–water partition coefficient (Wildman–Crippen LogP) is 3.34. The molecular weight excluding hydrogens is 382 g/mol. The van der Waals surface area contributed by atoms with Crippen LogP contribution in [0, 0.1) is 12.8 Å². The number of likely N-dealkylation sites (N-methyl/N-ethyl adjacent to an activating group) is 1. The first kappa shape index (κ1) is 22.9. The first-order valence-corrected chi connectivity index (χ1v) is 9.85. The Balaban J connectivity index is 1.87. The molecule has 2 aromatic rings. The maximum atomic E-state index is 12.5. The minimum absolute atomic E-state index is 0.209. The van der Waals surface area contributed by atoms with Crippen LogP contribution in [-0.4, -0.2) is 42.5 Å². The average molecular weight is 412 g/mol. The number of anilines is 1. The molecule has 0 aliphatic carbocycles. The van der Waals surface area contributed by atoms with Crippen molar-refractivity contribution in [3.05, 3.63) is 65.7 Å². The van der Waals surface area contributed by atoms with Crippen LogP contribution in [0.15, 0.2) is 54.6 Å². The van der Waals surface area contributed by atoms with Crippen LogP contribution in [0.1, 0.15) is 25.0 Å². The van der Waals surface area contributed by atoms with E-state index in [0.29, 0.717) is 12.2 Å². The van der Waals surface area contributed by atoms with Gasteiger partial charge in [0.15, 0.2) is 6.61 Å². The van der Waals surface area contributed by atoms with Crippen molar-refractivity contribution in [1.29, 1.82) is 0 Å².